The largest absolute Gasteiger partial charge is 0.373 e. The number of hydrogen-bond acceptors (Lipinski definition) is 6. The van der Waals surface area contributed by atoms with E-state index in [0.717, 1.165) is 0 Å². The number of rotatable bonds is 3. The van der Waals surface area contributed by atoms with Crippen molar-refractivity contribution in [3.63, 3.8) is 0 Å². The van der Waals surface area contributed by atoms with E-state index in [1.54, 1.807) is 18.3 Å². The summed E-state index contributed by atoms with van der Waals surface area (Å²) in [4.78, 5) is 6.35. The SMILES string of the molecule is CS(=O)(=O)c1cccnc1N1CCOC(CN)C1. The molecule has 1 fully saturated rings. The second-order valence-electron chi connectivity index (χ2n) is 4.27. The summed E-state index contributed by atoms with van der Waals surface area (Å²) in [6.07, 6.45) is 2.71. The summed E-state index contributed by atoms with van der Waals surface area (Å²) in [5.74, 6) is 0.488. The number of nitrogens with zero attached hydrogens (tertiary/aromatic N) is 2. The molecule has 1 aromatic rings. The van der Waals surface area contributed by atoms with Crippen molar-refractivity contribution in [3.8, 4) is 0 Å². The van der Waals surface area contributed by atoms with E-state index < -0.39 is 9.84 Å². The Morgan fingerprint density at radius 3 is 3.06 bits per heavy atom. The van der Waals surface area contributed by atoms with Gasteiger partial charge < -0.3 is 15.4 Å². The molecule has 2 heterocycles. The van der Waals surface area contributed by atoms with E-state index in [1.807, 2.05) is 4.90 Å². The standard InChI is InChI=1S/C11H17N3O3S/c1-18(15,16)10-3-2-4-13-11(10)14-5-6-17-9(7-12)8-14/h2-4,9H,5-8,12H2,1H3. The first-order valence-electron chi connectivity index (χ1n) is 5.74. The fourth-order valence-corrected chi connectivity index (χ4v) is 2.80. The fourth-order valence-electron chi connectivity index (χ4n) is 1.96. The number of nitrogens with two attached hydrogens (primary N) is 1. The summed E-state index contributed by atoms with van der Waals surface area (Å²) in [7, 11) is -3.28. The molecule has 1 atom stereocenters. The topological polar surface area (TPSA) is 85.5 Å². The van der Waals surface area contributed by atoms with Crippen molar-refractivity contribution in [2.45, 2.75) is 11.0 Å². The van der Waals surface area contributed by atoms with E-state index >= 15 is 0 Å². The monoisotopic (exact) mass is 271 g/mol. The van der Waals surface area contributed by atoms with Crippen LogP contribution in [-0.4, -0.2) is 52.0 Å². The molecular formula is C11H17N3O3S. The van der Waals surface area contributed by atoms with Crippen molar-refractivity contribution >= 4 is 15.7 Å². The predicted octanol–water partition coefficient (Wildman–Crippen LogP) is -0.351. The van der Waals surface area contributed by atoms with Crippen LogP contribution in [-0.2, 0) is 14.6 Å². The van der Waals surface area contributed by atoms with Gasteiger partial charge in [0.2, 0.25) is 0 Å². The zero-order valence-electron chi connectivity index (χ0n) is 10.2. The van der Waals surface area contributed by atoms with Crippen molar-refractivity contribution < 1.29 is 13.2 Å². The number of morpholine rings is 1. The number of hydrogen-bond donors (Lipinski definition) is 1. The molecular weight excluding hydrogens is 254 g/mol. The third kappa shape index (κ3) is 2.80. The van der Waals surface area contributed by atoms with Gasteiger partial charge in [0, 0.05) is 32.1 Å². The van der Waals surface area contributed by atoms with Gasteiger partial charge in [-0.25, -0.2) is 13.4 Å². The number of anilines is 1. The third-order valence-electron chi connectivity index (χ3n) is 2.85. The summed E-state index contributed by atoms with van der Waals surface area (Å²) < 4.78 is 28.9. The van der Waals surface area contributed by atoms with E-state index in [4.69, 9.17) is 10.5 Å². The van der Waals surface area contributed by atoms with E-state index in [1.165, 1.54) is 6.26 Å². The van der Waals surface area contributed by atoms with E-state index in [0.29, 0.717) is 32.1 Å². The number of pyridine rings is 1. The first kappa shape index (κ1) is 13.3. The molecule has 0 spiro atoms. The van der Waals surface area contributed by atoms with Gasteiger partial charge in [0.15, 0.2) is 9.84 Å². The molecule has 18 heavy (non-hydrogen) atoms. The van der Waals surface area contributed by atoms with Crippen LogP contribution in [0, 0.1) is 0 Å². The Bertz CT molecular complexity index is 518. The van der Waals surface area contributed by atoms with Gasteiger partial charge >= 0.3 is 0 Å². The Hall–Kier alpha value is -1.18. The molecule has 0 radical (unpaired) electrons. The lowest BCUT2D eigenvalue weighted by molar-refractivity contribution is 0.0461. The van der Waals surface area contributed by atoms with Crippen LogP contribution in [0.4, 0.5) is 5.82 Å². The number of sulfone groups is 1. The Morgan fingerprint density at radius 1 is 1.61 bits per heavy atom. The highest BCUT2D eigenvalue weighted by Crippen LogP contribution is 2.23. The summed E-state index contributed by atoms with van der Waals surface area (Å²) >= 11 is 0. The van der Waals surface area contributed by atoms with Crippen LogP contribution in [0.5, 0.6) is 0 Å². The van der Waals surface area contributed by atoms with Crippen molar-refractivity contribution in [1.82, 2.24) is 4.98 Å². The molecule has 1 unspecified atom stereocenters. The van der Waals surface area contributed by atoms with E-state index in [2.05, 4.69) is 4.98 Å². The molecule has 100 valence electrons. The van der Waals surface area contributed by atoms with Crippen molar-refractivity contribution in [3.05, 3.63) is 18.3 Å². The second-order valence-corrected chi connectivity index (χ2v) is 6.26. The third-order valence-corrected chi connectivity index (χ3v) is 3.97. The fraction of sp³-hybridized carbons (Fsp3) is 0.545. The quantitative estimate of drug-likeness (QED) is 0.808. The maximum atomic E-state index is 11.7. The Balaban J connectivity index is 2.33. The van der Waals surface area contributed by atoms with Crippen molar-refractivity contribution in [2.24, 2.45) is 5.73 Å². The lowest BCUT2D eigenvalue weighted by atomic mass is 10.2. The lowest BCUT2D eigenvalue weighted by Gasteiger charge is -2.33. The van der Waals surface area contributed by atoms with Crippen LogP contribution in [0.2, 0.25) is 0 Å². The first-order chi connectivity index (χ1) is 8.52. The smallest absolute Gasteiger partial charge is 0.179 e. The zero-order valence-corrected chi connectivity index (χ0v) is 11.1. The van der Waals surface area contributed by atoms with Gasteiger partial charge in [-0.2, -0.15) is 0 Å². The number of ether oxygens (including phenoxy) is 1. The zero-order chi connectivity index (χ0) is 13.2. The number of aromatic nitrogens is 1. The molecule has 2 N–H and O–H groups in total. The summed E-state index contributed by atoms with van der Waals surface area (Å²) in [5, 5.41) is 0. The highest BCUT2D eigenvalue weighted by Gasteiger charge is 2.24. The minimum atomic E-state index is -3.28. The van der Waals surface area contributed by atoms with Gasteiger partial charge in [-0.15, -0.1) is 0 Å². The minimum absolute atomic E-state index is 0.0758. The van der Waals surface area contributed by atoms with Gasteiger partial charge in [0.05, 0.1) is 12.7 Å². The molecule has 0 saturated carbocycles. The molecule has 1 aromatic heterocycles. The molecule has 0 aromatic carbocycles. The van der Waals surface area contributed by atoms with Crippen LogP contribution < -0.4 is 10.6 Å². The van der Waals surface area contributed by atoms with Gasteiger partial charge in [-0.1, -0.05) is 0 Å². The molecule has 0 aliphatic carbocycles. The summed E-state index contributed by atoms with van der Waals surface area (Å²) in [6, 6.07) is 3.20. The Kier molecular flexibility index (Phi) is 3.84. The summed E-state index contributed by atoms with van der Waals surface area (Å²) in [6.45, 7) is 2.13. The molecule has 7 heteroatoms. The van der Waals surface area contributed by atoms with Crippen LogP contribution >= 0.6 is 0 Å². The molecule has 2 rings (SSSR count). The maximum absolute atomic E-state index is 11.7. The molecule has 1 aliphatic heterocycles. The van der Waals surface area contributed by atoms with Gasteiger partial charge in [0.25, 0.3) is 0 Å². The minimum Gasteiger partial charge on any atom is -0.373 e. The highest BCUT2D eigenvalue weighted by molar-refractivity contribution is 7.90. The van der Waals surface area contributed by atoms with Crippen LogP contribution in [0.3, 0.4) is 0 Å². The normalized spacial score (nSPS) is 21.0. The molecule has 6 nitrogen and oxygen atoms in total. The van der Waals surface area contributed by atoms with Crippen molar-refractivity contribution in [2.75, 3.05) is 37.4 Å². The summed E-state index contributed by atoms with van der Waals surface area (Å²) in [5.41, 5.74) is 5.58. The Labute approximate surface area is 107 Å². The second kappa shape index (κ2) is 5.21. The van der Waals surface area contributed by atoms with Gasteiger partial charge in [-0.3, -0.25) is 0 Å². The lowest BCUT2D eigenvalue weighted by Crippen LogP contribution is -2.46. The average Bonchev–Trinajstić information content (AvgIpc) is 2.38. The van der Waals surface area contributed by atoms with Gasteiger partial charge in [-0.05, 0) is 12.1 Å². The Morgan fingerprint density at radius 2 is 2.39 bits per heavy atom. The first-order valence-corrected chi connectivity index (χ1v) is 7.63. The molecule has 1 saturated heterocycles. The van der Waals surface area contributed by atoms with E-state index in [-0.39, 0.29) is 11.0 Å². The molecule has 0 amide bonds. The van der Waals surface area contributed by atoms with Crippen molar-refractivity contribution in [1.29, 1.82) is 0 Å². The van der Waals surface area contributed by atoms with Crippen LogP contribution in [0.1, 0.15) is 0 Å². The van der Waals surface area contributed by atoms with E-state index in [9.17, 15) is 8.42 Å². The molecule has 0 bridgehead atoms. The average molecular weight is 271 g/mol. The van der Waals surface area contributed by atoms with Crippen LogP contribution in [0.15, 0.2) is 23.2 Å². The van der Waals surface area contributed by atoms with Gasteiger partial charge in [0.1, 0.15) is 10.7 Å². The highest BCUT2D eigenvalue weighted by atomic mass is 32.2. The van der Waals surface area contributed by atoms with Crippen LogP contribution in [0.25, 0.3) is 0 Å². The predicted molar refractivity (Wildman–Crippen MR) is 68.4 cm³/mol. The molecule has 1 aliphatic rings. The maximum Gasteiger partial charge on any atom is 0.179 e.